The zero-order valence-electron chi connectivity index (χ0n) is 21.1. The zero-order chi connectivity index (χ0) is 26.6. The van der Waals surface area contributed by atoms with Crippen LogP contribution >= 0.6 is 11.3 Å². The molecule has 11 heteroatoms. The minimum Gasteiger partial charge on any atom is -0.462 e. The molecule has 1 aliphatic heterocycles. The lowest BCUT2D eigenvalue weighted by Gasteiger charge is -2.34. The highest BCUT2D eigenvalue weighted by molar-refractivity contribution is 7.89. The minimum atomic E-state index is -3.68. The molecule has 2 aromatic rings. The maximum absolute atomic E-state index is 13.1. The number of hydrogen-bond acceptors (Lipinski definition) is 8. The fourth-order valence-corrected chi connectivity index (χ4v) is 7.11. The van der Waals surface area contributed by atoms with Gasteiger partial charge in [-0.2, -0.15) is 4.31 Å². The number of nitrogens with one attached hydrogen (secondary N) is 1. The summed E-state index contributed by atoms with van der Waals surface area (Å²) < 4.78 is 37.9. The summed E-state index contributed by atoms with van der Waals surface area (Å²) in [6.07, 6.45) is 0.985. The van der Waals surface area contributed by atoms with Crippen molar-refractivity contribution in [1.29, 1.82) is 0 Å². The normalized spacial score (nSPS) is 18.5. The lowest BCUT2D eigenvalue weighted by molar-refractivity contribution is 0.0527. The molecule has 0 bridgehead atoms. The van der Waals surface area contributed by atoms with Crippen molar-refractivity contribution < 1.29 is 32.3 Å². The lowest BCUT2D eigenvalue weighted by Crippen LogP contribution is -2.42. The summed E-state index contributed by atoms with van der Waals surface area (Å²) in [6.45, 7) is 10.2. The Balaban J connectivity index is 1.85. The lowest BCUT2D eigenvalue weighted by atomic mass is 9.94. The van der Waals surface area contributed by atoms with Gasteiger partial charge >= 0.3 is 11.9 Å². The van der Waals surface area contributed by atoms with Crippen molar-refractivity contribution >= 4 is 44.2 Å². The SMILES string of the molecule is CCOC(=O)c1sc(NC(=O)c2ccc(S(=O)(=O)N3C[C@@H](C)C[C@H](C)C3)cc2)c(C(=O)OCC)c1C. The predicted octanol–water partition coefficient (Wildman–Crippen LogP) is 4.33. The molecule has 1 aliphatic rings. The Kier molecular flexibility index (Phi) is 8.91. The highest BCUT2D eigenvalue weighted by atomic mass is 32.2. The van der Waals surface area contributed by atoms with E-state index in [1.54, 1.807) is 20.8 Å². The van der Waals surface area contributed by atoms with Crippen LogP contribution in [0.5, 0.6) is 0 Å². The van der Waals surface area contributed by atoms with Gasteiger partial charge in [0.25, 0.3) is 5.91 Å². The summed E-state index contributed by atoms with van der Waals surface area (Å²) in [7, 11) is -3.68. The number of carbonyl (C=O) groups is 3. The van der Waals surface area contributed by atoms with Crippen molar-refractivity contribution in [2.75, 3.05) is 31.6 Å². The Morgan fingerprint density at radius 1 is 1.00 bits per heavy atom. The average Bonchev–Trinajstić information content (AvgIpc) is 3.14. The number of anilines is 1. The van der Waals surface area contributed by atoms with Crippen molar-refractivity contribution in [3.8, 4) is 0 Å². The third-order valence-corrected chi connectivity index (χ3v) is 8.94. The van der Waals surface area contributed by atoms with Gasteiger partial charge in [-0.15, -0.1) is 11.3 Å². The van der Waals surface area contributed by atoms with Crippen molar-refractivity contribution in [1.82, 2.24) is 4.31 Å². The smallest absolute Gasteiger partial charge is 0.348 e. The second kappa shape index (κ2) is 11.5. The number of ether oxygens (including phenoxy) is 2. The molecule has 0 spiro atoms. The maximum atomic E-state index is 13.1. The summed E-state index contributed by atoms with van der Waals surface area (Å²) >= 11 is 0.928. The molecule has 1 amide bonds. The molecule has 36 heavy (non-hydrogen) atoms. The van der Waals surface area contributed by atoms with Gasteiger partial charge in [-0.05, 0) is 68.9 Å². The van der Waals surface area contributed by atoms with Gasteiger partial charge in [0.15, 0.2) is 0 Å². The molecule has 1 N–H and O–H groups in total. The molecule has 1 aromatic carbocycles. The number of hydrogen-bond donors (Lipinski definition) is 1. The third kappa shape index (κ3) is 5.96. The van der Waals surface area contributed by atoms with Crippen LogP contribution < -0.4 is 5.32 Å². The first-order valence-electron chi connectivity index (χ1n) is 11.9. The van der Waals surface area contributed by atoms with Gasteiger partial charge in [-0.25, -0.2) is 18.0 Å². The number of benzene rings is 1. The molecule has 0 radical (unpaired) electrons. The van der Waals surface area contributed by atoms with E-state index in [-0.39, 0.29) is 51.0 Å². The molecule has 9 nitrogen and oxygen atoms in total. The van der Waals surface area contributed by atoms with Crippen LogP contribution in [-0.2, 0) is 19.5 Å². The second-order valence-electron chi connectivity index (χ2n) is 8.95. The Morgan fingerprint density at radius 2 is 1.56 bits per heavy atom. The molecular weight excluding hydrogens is 504 g/mol. The van der Waals surface area contributed by atoms with Gasteiger partial charge < -0.3 is 14.8 Å². The van der Waals surface area contributed by atoms with Gasteiger partial charge in [-0.1, -0.05) is 13.8 Å². The first-order chi connectivity index (χ1) is 17.0. The minimum absolute atomic E-state index is 0.0887. The van der Waals surface area contributed by atoms with E-state index in [9.17, 15) is 22.8 Å². The van der Waals surface area contributed by atoms with Gasteiger partial charge in [0, 0.05) is 18.7 Å². The summed E-state index contributed by atoms with van der Waals surface area (Å²) in [4.78, 5) is 38.2. The molecule has 2 heterocycles. The second-order valence-corrected chi connectivity index (χ2v) is 11.9. The first-order valence-corrected chi connectivity index (χ1v) is 14.1. The number of sulfonamides is 1. The molecule has 3 rings (SSSR count). The van der Waals surface area contributed by atoms with E-state index in [1.165, 1.54) is 28.6 Å². The monoisotopic (exact) mass is 536 g/mol. The molecule has 0 aliphatic carbocycles. The van der Waals surface area contributed by atoms with E-state index in [0.29, 0.717) is 18.7 Å². The van der Waals surface area contributed by atoms with Crippen LogP contribution in [0.4, 0.5) is 5.00 Å². The number of amides is 1. The van der Waals surface area contributed by atoms with Crippen molar-refractivity contribution in [3.05, 3.63) is 45.8 Å². The van der Waals surface area contributed by atoms with E-state index in [2.05, 4.69) is 5.32 Å². The molecular formula is C25H32N2O7S2. The Hall–Kier alpha value is -2.76. The van der Waals surface area contributed by atoms with Crippen molar-refractivity contribution in [2.24, 2.45) is 11.8 Å². The van der Waals surface area contributed by atoms with E-state index < -0.39 is 27.9 Å². The summed E-state index contributed by atoms with van der Waals surface area (Å²) in [5.41, 5.74) is 0.650. The highest BCUT2D eigenvalue weighted by Crippen LogP contribution is 2.35. The van der Waals surface area contributed by atoms with E-state index in [4.69, 9.17) is 9.47 Å². The van der Waals surface area contributed by atoms with E-state index >= 15 is 0 Å². The largest absolute Gasteiger partial charge is 0.462 e. The summed E-state index contributed by atoms with van der Waals surface area (Å²) in [6, 6.07) is 5.67. The molecule has 0 saturated carbocycles. The highest BCUT2D eigenvalue weighted by Gasteiger charge is 2.32. The van der Waals surface area contributed by atoms with Crippen LogP contribution in [-0.4, -0.2) is 56.9 Å². The fourth-order valence-electron chi connectivity index (χ4n) is 4.35. The van der Waals surface area contributed by atoms with Crippen LogP contribution in [0, 0.1) is 18.8 Å². The number of nitrogens with zero attached hydrogens (tertiary/aromatic N) is 1. The van der Waals surface area contributed by atoms with Crippen LogP contribution in [0.25, 0.3) is 0 Å². The van der Waals surface area contributed by atoms with Crippen LogP contribution in [0.3, 0.4) is 0 Å². The first kappa shape index (κ1) is 27.8. The average molecular weight is 537 g/mol. The van der Waals surface area contributed by atoms with Crippen LogP contribution in [0.1, 0.15) is 70.1 Å². The number of esters is 2. The topological polar surface area (TPSA) is 119 Å². The van der Waals surface area contributed by atoms with E-state index in [0.717, 1.165) is 17.8 Å². The molecule has 196 valence electrons. The summed E-state index contributed by atoms with van der Waals surface area (Å²) in [5, 5.41) is 2.83. The molecule has 2 atom stereocenters. The van der Waals surface area contributed by atoms with Gasteiger partial charge in [0.05, 0.1) is 23.7 Å². The molecule has 1 aromatic heterocycles. The zero-order valence-corrected chi connectivity index (χ0v) is 22.8. The number of thiophene rings is 1. The van der Waals surface area contributed by atoms with Crippen LogP contribution in [0.2, 0.25) is 0 Å². The van der Waals surface area contributed by atoms with Crippen molar-refractivity contribution in [2.45, 2.75) is 45.9 Å². The van der Waals surface area contributed by atoms with Gasteiger partial charge in [0.2, 0.25) is 10.0 Å². The van der Waals surface area contributed by atoms with Crippen molar-refractivity contribution in [3.63, 3.8) is 0 Å². The quantitative estimate of drug-likeness (QED) is 0.499. The molecule has 0 unspecified atom stereocenters. The van der Waals surface area contributed by atoms with Gasteiger partial charge in [0.1, 0.15) is 9.88 Å². The summed E-state index contributed by atoms with van der Waals surface area (Å²) in [5.74, 6) is -1.27. The third-order valence-electron chi connectivity index (χ3n) is 5.90. The fraction of sp³-hybridized carbons (Fsp3) is 0.480. The number of piperidine rings is 1. The Bertz CT molecular complexity index is 1230. The number of rotatable bonds is 8. The molecule has 1 saturated heterocycles. The Labute approximate surface area is 215 Å². The maximum Gasteiger partial charge on any atom is 0.348 e. The van der Waals surface area contributed by atoms with Gasteiger partial charge in [-0.3, -0.25) is 4.79 Å². The van der Waals surface area contributed by atoms with E-state index in [1.807, 2.05) is 13.8 Å². The number of carbonyl (C=O) groups excluding carboxylic acids is 3. The van der Waals surface area contributed by atoms with Crippen LogP contribution in [0.15, 0.2) is 29.2 Å². The Morgan fingerprint density at radius 3 is 2.11 bits per heavy atom. The predicted molar refractivity (Wildman–Crippen MR) is 137 cm³/mol. The standard InChI is InChI=1S/C25H32N2O7S2/c1-6-33-24(29)20-17(5)21(25(30)34-7-2)35-23(20)26-22(28)18-8-10-19(11-9-18)36(31,32)27-13-15(3)12-16(4)14-27/h8-11,15-16H,6-7,12-14H2,1-5H3,(H,26,28)/t15-,16-/m0/s1. The molecule has 1 fully saturated rings.